The molecule has 0 radical (unpaired) electrons. The first-order valence-corrected chi connectivity index (χ1v) is 7.62. The molecular weight excluding hydrogens is 348 g/mol. The lowest BCUT2D eigenvalue weighted by molar-refractivity contribution is 0.261. The van der Waals surface area contributed by atoms with Crippen LogP contribution >= 0.6 is 11.6 Å². The van der Waals surface area contributed by atoms with Crippen molar-refractivity contribution in [1.29, 1.82) is 0 Å². The molecule has 2 rings (SSSR count). The largest absolute Gasteiger partial charge is 0.495 e. The van der Waals surface area contributed by atoms with Crippen LogP contribution in [0.5, 0.6) is 23.0 Å². The van der Waals surface area contributed by atoms with Gasteiger partial charge in [0.05, 0.1) is 39.1 Å². The lowest BCUT2D eigenvalue weighted by Gasteiger charge is -2.16. The Hall–Kier alpha value is -2.80. The van der Waals surface area contributed by atoms with Crippen molar-refractivity contribution >= 4 is 29.0 Å². The van der Waals surface area contributed by atoms with E-state index in [-0.39, 0.29) is 0 Å². The molecule has 0 saturated carbocycles. The van der Waals surface area contributed by atoms with Crippen molar-refractivity contribution in [2.75, 3.05) is 39.1 Å². The zero-order chi connectivity index (χ0) is 18.4. The quantitative estimate of drug-likeness (QED) is 0.807. The van der Waals surface area contributed by atoms with Crippen molar-refractivity contribution in [2.45, 2.75) is 0 Å². The summed E-state index contributed by atoms with van der Waals surface area (Å²) in [6.45, 7) is 0. The monoisotopic (exact) mass is 366 g/mol. The van der Waals surface area contributed by atoms with E-state index in [1.807, 2.05) is 0 Å². The summed E-state index contributed by atoms with van der Waals surface area (Å²) < 4.78 is 20.9. The predicted molar refractivity (Wildman–Crippen MR) is 96.7 cm³/mol. The summed E-state index contributed by atoms with van der Waals surface area (Å²) in [5.41, 5.74) is 0.806. The first-order valence-electron chi connectivity index (χ1n) is 7.24. The molecule has 0 unspecified atom stereocenters. The van der Waals surface area contributed by atoms with Crippen molar-refractivity contribution in [3.63, 3.8) is 0 Å². The first kappa shape index (κ1) is 18.5. The third kappa shape index (κ3) is 4.19. The third-order valence-electron chi connectivity index (χ3n) is 3.39. The molecule has 0 aliphatic rings. The van der Waals surface area contributed by atoms with Gasteiger partial charge in [-0.3, -0.25) is 0 Å². The second-order valence-corrected chi connectivity index (χ2v) is 5.21. The molecule has 2 N–H and O–H groups in total. The molecule has 2 amide bonds. The van der Waals surface area contributed by atoms with Crippen LogP contribution < -0.4 is 29.6 Å². The maximum atomic E-state index is 12.4. The Morgan fingerprint density at radius 2 is 1.40 bits per heavy atom. The standard InChI is InChI=1S/C17H19ClN2O5/c1-22-12-6-5-7-13(23-2)16(12)20-17(21)19-11-9-14(24-3)10(18)8-15(11)25-4/h5-9H,1-4H3,(H2,19,20,21). The van der Waals surface area contributed by atoms with Gasteiger partial charge >= 0.3 is 6.03 Å². The molecular formula is C17H19ClN2O5. The van der Waals surface area contributed by atoms with Crippen LogP contribution in [0.15, 0.2) is 30.3 Å². The molecule has 0 heterocycles. The van der Waals surface area contributed by atoms with Crippen molar-refractivity contribution in [2.24, 2.45) is 0 Å². The summed E-state index contributed by atoms with van der Waals surface area (Å²) in [6.07, 6.45) is 0. The van der Waals surface area contributed by atoms with Crippen LogP contribution in [0.2, 0.25) is 5.02 Å². The maximum absolute atomic E-state index is 12.4. The highest BCUT2D eigenvalue weighted by atomic mass is 35.5. The smallest absolute Gasteiger partial charge is 0.324 e. The number of para-hydroxylation sites is 1. The Morgan fingerprint density at radius 3 is 1.92 bits per heavy atom. The minimum Gasteiger partial charge on any atom is -0.495 e. The molecule has 0 saturated heterocycles. The minimum atomic E-state index is -0.509. The van der Waals surface area contributed by atoms with Gasteiger partial charge < -0.3 is 29.6 Å². The average molecular weight is 367 g/mol. The van der Waals surface area contributed by atoms with Crippen molar-refractivity contribution in [1.82, 2.24) is 0 Å². The lowest BCUT2D eigenvalue weighted by atomic mass is 10.2. The zero-order valence-corrected chi connectivity index (χ0v) is 15.1. The highest BCUT2D eigenvalue weighted by molar-refractivity contribution is 6.32. The second kappa shape index (κ2) is 8.34. The summed E-state index contributed by atoms with van der Waals surface area (Å²) in [7, 11) is 5.97. The van der Waals surface area contributed by atoms with Crippen molar-refractivity contribution in [3.8, 4) is 23.0 Å². The van der Waals surface area contributed by atoms with Gasteiger partial charge in [-0.25, -0.2) is 4.79 Å². The van der Waals surface area contributed by atoms with Gasteiger partial charge in [0.15, 0.2) is 0 Å². The molecule has 25 heavy (non-hydrogen) atoms. The van der Waals surface area contributed by atoms with E-state index < -0.39 is 6.03 Å². The maximum Gasteiger partial charge on any atom is 0.324 e. The molecule has 2 aromatic rings. The van der Waals surface area contributed by atoms with Gasteiger partial charge in [-0.1, -0.05) is 17.7 Å². The van der Waals surface area contributed by atoms with Crippen molar-refractivity contribution in [3.05, 3.63) is 35.4 Å². The summed E-state index contributed by atoms with van der Waals surface area (Å²) in [5.74, 6) is 1.74. The number of carbonyl (C=O) groups excluding carboxylic acids is 1. The number of ether oxygens (including phenoxy) is 4. The van der Waals surface area contributed by atoms with Gasteiger partial charge in [0.1, 0.15) is 28.7 Å². The number of amides is 2. The number of hydrogen-bond acceptors (Lipinski definition) is 5. The fraction of sp³-hybridized carbons (Fsp3) is 0.235. The van der Waals surface area contributed by atoms with Gasteiger partial charge in [-0.05, 0) is 12.1 Å². The summed E-state index contributed by atoms with van der Waals surface area (Å²) in [5, 5.41) is 5.77. The van der Waals surface area contributed by atoms with Crippen LogP contribution in [0.4, 0.5) is 16.2 Å². The number of urea groups is 1. The predicted octanol–water partition coefficient (Wildman–Crippen LogP) is 4.02. The first-order chi connectivity index (χ1) is 12.0. The SMILES string of the molecule is COc1cc(NC(=O)Nc2c(OC)cccc2OC)c(OC)cc1Cl. The normalized spacial score (nSPS) is 9.96. The van der Waals surface area contributed by atoms with Gasteiger partial charge in [-0.2, -0.15) is 0 Å². The van der Waals surface area contributed by atoms with Crippen LogP contribution in [0.25, 0.3) is 0 Å². The number of rotatable bonds is 6. The number of nitrogens with one attached hydrogen (secondary N) is 2. The van der Waals surface area contributed by atoms with Crippen LogP contribution in [-0.4, -0.2) is 34.5 Å². The van der Waals surface area contributed by atoms with Gasteiger partial charge in [-0.15, -0.1) is 0 Å². The molecule has 2 aromatic carbocycles. The van der Waals surface area contributed by atoms with Crippen molar-refractivity contribution < 1.29 is 23.7 Å². The number of benzene rings is 2. The van der Waals surface area contributed by atoms with Gasteiger partial charge in [0.2, 0.25) is 0 Å². The van der Waals surface area contributed by atoms with E-state index in [9.17, 15) is 4.79 Å². The van der Waals surface area contributed by atoms with Crippen LogP contribution in [-0.2, 0) is 0 Å². The molecule has 0 bridgehead atoms. The van der Waals surface area contributed by atoms with Gasteiger partial charge in [0.25, 0.3) is 0 Å². The molecule has 8 heteroatoms. The van der Waals surface area contributed by atoms with E-state index in [0.29, 0.717) is 39.4 Å². The number of halogens is 1. The van der Waals surface area contributed by atoms with Crippen LogP contribution in [0, 0.1) is 0 Å². The number of hydrogen-bond donors (Lipinski definition) is 2. The van der Waals surface area contributed by atoms with E-state index in [1.165, 1.54) is 28.4 Å². The summed E-state index contributed by atoms with van der Waals surface area (Å²) in [6, 6.07) is 7.80. The molecule has 0 aliphatic carbocycles. The topological polar surface area (TPSA) is 78.1 Å². The summed E-state index contributed by atoms with van der Waals surface area (Å²) >= 11 is 6.06. The molecule has 0 fully saturated rings. The van der Waals surface area contributed by atoms with Crippen LogP contribution in [0.3, 0.4) is 0 Å². The molecule has 0 aromatic heterocycles. The van der Waals surface area contributed by atoms with Crippen LogP contribution in [0.1, 0.15) is 0 Å². The van der Waals surface area contributed by atoms with E-state index >= 15 is 0 Å². The molecule has 0 spiro atoms. The Kier molecular flexibility index (Phi) is 6.19. The molecule has 7 nitrogen and oxygen atoms in total. The number of anilines is 2. The highest BCUT2D eigenvalue weighted by Gasteiger charge is 2.16. The van der Waals surface area contributed by atoms with E-state index in [2.05, 4.69) is 10.6 Å². The third-order valence-corrected chi connectivity index (χ3v) is 3.68. The lowest BCUT2D eigenvalue weighted by Crippen LogP contribution is -2.20. The Balaban J connectivity index is 2.27. The molecule has 0 atom stereocenters. The summed E-state index contributed by atoms with van der Waals surface area (Å²) in [4.78, 5) is 12.4. The van der Waals surface area contributed by atoms with E-state index in [0.717, 1.165) is 0 Å². The Labute approximate surface area is 150 Å². The molecule has 0 aliphatic heterocycles. The highest BCUT2D eigenvalue weighted by Crippen LogP contribution is 2.37. The van der Waals surface area contributed by atoms with E-state index in [1.54, 1.807) is 30.3 Å². The Bertz CT molecular complexity index is 745. The van der Waals surface area contributed by atoms with Gasteiger partial charge in [0, 0.05) is 12.1 Å². The fourth-order valence-corrected chi connectivity index (χ4v) is 2.43. The Morgan fingerprint density at radius 1 is 0.840 bits per heavy atom. The molecule has 134 valence electrons. The van der Waals surface area contributed by atoms with E-state index in [4.69, 9.17) is 30.5 Å². The minimum absolute atomic E-state index is 0.372. The average Bonchev–Trinajstić information content (AvgIpc) is 2.62. The second-order valence-electron chi connectivity index (χ2n) is 4.80. The number of carbonyl (C=O) groups is 1. The number of methoxy groups -OCH3 is 4. The fourth-order valence-electron chi connectivity index (χ4n) is 2.20. The zero-order valence-electron chi connectivity index (χ0n) is 14.3.